The number of likely N-dealkylation sites (tertiary alicyclic amines) is 1. The van der Waals surface area contributed by atoms with Crippen molar-refractivity contribution in [2.24, 2.45) is 5.92 Å². The molecule has 0 saturated carbocycles. The molecular formula is C20H21FN4O3. The topological polar surface area (TPSA) is 85.3 Å². The molecule has 0 N–H and O–H groups in total. The maximum atomic E-state index is 13.9. The van der Waals surface area contributed by atoms with E-state index in [-0.39, 0.29) is 23.5 Å². The van der Waals surface area contributed by atoms with E-state index in [0.717, 1.165) is 12.8 Å². The van der Waals surface area contributed by atoms with E-state index < -0.39 is 0 Å². The Hall–Kier alpha value is -3.03. The van der Waals surface area contributed by atoms with Gasteiger partial charge in [0, 0.05) is 19.5 Å². The summed E-state index contributed by atoms with van der Waals surface area (Å²) >= 11 is 0. The SMILES string of the molecule is Cc1noc(C)c1C(=O)N1CCC[C@H](Cc2nc(-c3ccccc3F)no2)C1. The van der Waals surface area contributed by atoms with E-state index in [9.17, 15) is 9.18 Å². The molecule has 1 aliphatic rings. The number of amides is 1. The first-order valence-electron chi connectivity index (χ1n) is 9.32. The lowest BCUT2D eigenvalue weighted by atomic mass is 9.94. The van der Waals surface area contributed by atoms with Crippen LogP contribution in [0.5, 0.6) is 0 Å². The van der Waals surface area contributed by atoms with Gasteiger partial charge in [0.2, 0.25) is 11.7 Å². The molecule has 0 bridgehead atoms. The zero-order valence-electron chi connectivity index (χ0n) is 15.8. The van der Waals surface area contributed by atoms with E-state index in [1.807, 2.05) is 4.90 Å². The zero-order valence-corrected chi connectivity index (χ0v) is 15.8. The number of benzene rings is 1. The molecule has 3 heterocycles. The summed E-state index contributed by atoms with van der Waals surface area (Å²) < 4.78 is 24.4. The van der Waals surface area contributed by atoms with Gasteiger partial charge in [-0.1, -0.05) is 22.4 Å². The minimum Gasteiger partial charge on any atom is -0.361 e. The third kappa shape index (κ3) is 3.54. The number of carbonyl (C=O) groups excluding carboxylic acids is 1. The molecular weight excluding hydrogens is 363 g/mol. The Bertz CT molecular complexity index is 978. The Balaban J connectivity index is 1.45. The number of carbonyl (C=O) groups is 1. The van der Waals surface area contributed by atoms with E-state index in [1.54, 1.807) is 32.0 Å². The Morgan fingerprint density at radius 2 is 2.07 bits per heavy atom. The lowest BCUT2D eigenvalue weighted by Gasteiger charge is -2.32. The third-order valence-corrected chi connectivity index (χ3v) is 5.10. The van der Waals surface area contributed by atoms with Crippen molar-refractivity contribution < 1.29 is 18.2 Å². The summed E-state index contributed by atoms with van der Waals surface area (Å²) in [6.45, 7) is 4.81. The largest absolute Gasteiger partial charge is 0.361 e. The molecule has 0 unspecified atom stereocenters. The van der Waals surface area contributed by atoms with E-state index >= 15 is 0 Å². The van der Waals surface area contributed by atoms with Crippen LogP contribution < -0.4 is 0 Å². The fraction of sp³-hybridized carbons (Fsp3) is 0.400. The van der Waals surface area contributed by atoms with Crippen LogP contribution in [-0.2, 0) is 6.42 Å². The molecule has 0 aliphatic carbocycles. The van der Waals surface area contributed by atoms with Gasteiger partial charge in [-0.15, -0.1) is 0 Å². The zero-order chi connectivity index (χ0) is 19.7. The Kier molecular flexibility index (Phi) is 4.93. The second-order valence-electron chi connectivity index (χ2n) is 7.15. The smallest absolute Gasteiger partial charge is 0.259 e. The molecule has 1 atom stereocenters. The number of piperidine rings is 1. The Labute approximate surface area is 161 Å². The number of hydrogen-bond acceptors (Lipinski definition) is 6. The molecule has 1 aromatic carbocycles. The van der Waals surface area contributed by atoms with Crippen LogP contribution in [0, 0.1) is 25.6 Å². The van der Waals surface area contributed by atoms with Crippen LogP contribution in [0.25, 0.3) is 11.4 Å². The number of aryl methyl sites for hydroxylation is 2. The molecule has 1 saturated heterocycles. The van der Waals surface area contributed by atoms with Crippen molar-refractivity contribution in [3.8, 4) is 11.4 Å². The summed E-state index contributed by atoms with van der Waals surface area (Å²) in [5, 5.41) is 7.77. The summed E-state index contributed by atoms with van der Waals surface area (Å²) in [6.07, 6.45) is 2.41. The van der Waals surface area contributed by atoms with Gasteiger partial charge in [0.25, 0.3) is 5.91 Å². The van der Waals surface area contributed by atoms with Crippen LogP contribution in [0.1, 0.15) is 40.5 Å². The van der Waals surface area contributed by atoms with Gasteiger partial charge in [0.05, 0.1) is 11.3 Å². The van der Waals surface area contributed by atoms with Crippen molar-refractivity contribution in [3.63, 3.8) is 0 Å². The molecule has 0 spiro atoms. The summed E-state index contributed by atoms with van der Waals surface area (Å²) in [6, 6.07) is 6.33. The minimum absolute atomic E-state index is 0.0569. The summed E-state index contributed by atoms with van der Waals surface area (Å²) in [5.74, 6) is 0.993. The van der Waals surface area contributed by atoms with Crippen LogP contribution in [0.4, 0.5) is 4.39 Å². The first-order chi connectivity index (χ1) is 13.5. The fourth-order valence-corrected chi connectivity index (χ4v) is 3.70. The molecule has 1 fully saturated rings. The second-order valence-corrected chi connectivity index (χ2v) is 7.15. The van der Waals surface area contributed by atoms with Crippen LogP contribution >= 0.6 is 0 Å². The van der Waals surface area contributed by atoms with Crippen molar-refractivity contribution in [2.75, 3.05) is 13.1 Å². The molecule has 7 nitrogen and oxygen atoms in total. The molecule has 146 valence electrons. The first-order valence-corrected chi connectivity index (χ1v) is 9.32. The molecule has 28 heavy (non-hydrogen) atoms. The molecule has 2 aromatic heterocycles. The highest BCUT2D eigenvalue weighted by Crippen LogP contribution is 2.25. The van der Waals surface area contributed by atoms with Gasteiger partial charge in [-0.2, -0.15) is 4.98 Å². The quantitative estimate of drug-likeness (QED) is 0.684. The first kappa shape index (κ1) is 18.3. The fourth-order valence-electron chi connectivity index (χ4n) is 3.70. The predicted octanol–water partition coefficient (Wildman–Crippen LogP) is 3.58. The maximum Gasteiger partial charge on any atom is 0.259 e. The number of aromatic nitrogens is 3. The molecule has 1 aliphatic heterocycles. The van der Waals surface area contributed by atoms with Crippen molar-refractivity contribution in [1.82, 2.24) is 20.2 Å². The van der Waals surface area contributed by atoms with Gasteiger partial charge < -0.3 is 13.9 Å². The molecule has 8 heteroatoms. The van der Waals surface area contributed by atoms with Crippen molar-refractivity contribution >= 4 is 5.91 Å². The Morgan fingerprint density at radius 1 is 1.25 bits per heavy atom. The van der Waals surface area contributed by atoms with E-state index in [0.29, 0.717) is 48.0 Å². The molecule has 0 radical (unpaired) electrons. The third-order valence-electron chi connectivity index (χ3n) is 5.10. The predicted molar refractivity (Wildman–Crippen MR) is 98.0 cm³/mol. The summed E-state index contributed by atoms with van der Waals surface area (Å²) in [7, 11) is 0. The maximum absolute atomic E-state index is 13.9. The summed E-state index contributed by atoms with van der Waals surface area (Å²) in [4.78, 5) is 19.0. The lowest BCUT2D eigenvalue weighted by Crippen LogP contribution is -2.40. The highest BCUT2D eigenvalue weighted by molar-refractivity contribution is 5.96. The van der Waals surface area contributed by atoms with Crippen molar-refractivity contribution in [1.29, 1.82) is 0 Å². The highest BCUT2D eigenvalue weighted by atomic mass is 19.1. The lowest BCUT2D eigenvalue weighted by molar-refractivity contribution is 0.0665. The highest BCUT2D eigenvalue weighted by Gasteiger charge is 2.29. The minimum atomic E-state index is -0.385. The van der Waals surface area contributed by atoms with E-state index in [1.165, 1.54) is 6.07 Å². The summed E-state index contributed by atoms with van der Waals surface area (Å²) in [5.41, 5.74) is 1.47. The van der Waals surface area contributed by atoms with Gasteiger partial charge in [-0.3, -0.25) is 4.79 Å². The number of nitrogens with zero attached hydrogens (tertiary/aromatic N) is 4. The van der Waals surface area contributed by atoms with Gasteiger partial charge in [-0.25, -0.2) is 4.39 Å². The van der Waals surface area contributed by atoms with E-state index in [2.05, 4.69) is 15.3 Å². The normalized spacial score (nSPS) is 17.1. The van der Waals surface area contributed by atoms with E-state index in [4.69, 9.17) is 9.05 Å². The van der Waals surface area contributed by atoms with Gasteiger partial charge in [-0.05, 0) is 44.7 Å². The van der Waals surface area contributed by atoms with Gasteiger partial charge >= 0.3 is 0 Å². The number of rotatable bonds is 4. The molecule has 4 rings (SSSR count). The van der Waals surface area contributed by atoms with Crippen LogP contribution in [-0.4, -0.2) is 39.2 Å². The molecule has 3 aromatic rings. The van der Waals surface area contributed by atoms with Gasteiger partial charge in [0.15, 0.2) is 0 Å². The Morgan fingerprint density at radius 3 is 2.82 bits per heavy atom. The van der Waals surface area contributed by atoms with Crippen LogP contribution in [0.15, 0.2) is 33.3 Å². The van der Waals surface area contributed by atoms with Crippen molar-refractivity contribution in [3.05, 3.63) is 53.0 Å². The van der Waals surface area contributed by atoms with Crippen LogP contribution in [0.2, 0.25) is 0 Å². The molecule has 1 amide bonds. The van der Waals surface area contributed by atoms with Crippen molar-refractivity contribution in [2.45, 2.75) is 33.1 Å². The van der Waals surface area contributed by atoms with Crippen LogP contribution in [0.3, 0.4) is 0 Å². The second kappa shape index (κ2) is 7.53. The van der Waals surface area contributed by atoms with Gasteiger partial charge in [0.1, 0.15) is 17.1 Å². The standard InChI is InChI=1S/C20H21FN4O3/c1-12-18(13(2)27-23-12)20(26)25-9-5-6-14(11-25)10-17-22-19(24-28-17)15-7-3-4-8-16(15)21/h3-4,7-8,14H,5-6,9-11H2,1-2H3/t14-/m1/s1. The number of hydrogen-bond donors (Lipinski definition) is 0. The average molecular weight is 384 g/mol. The number of halogens is 1. The monoisotopic (exact) mass is 384 g/mol. The average Bonchev–Trinajstić information content (AvgIpc) is 3.28.